The molecule has 0 aromatic heterocycles. The first-order valence-corrected chi connectivity index (χ1v) is 10.1. The number of rotatable bonds is 5. The molecule has 1 amide bonds. The molecule has 0 radical (unpaired) electrons. The first kappa shape index (κ1) is 16.9. The van der Waals surface area contributed by atoms with Crippen molar-refractivity contribution in [2.24, 2.45) is 11.8 Å². The topological polar surface area (TPSA) is 35.6 Å². The number of amides is 1. The molecule has 1 atom stereocenters. The number of para-hydroxylation sites is 1. The van der Waals surface area contributed by atoms with Crippen LogP contribution in [0.2, 0.25) is 0 Å². The maximum atomic E-state index is 12.5. The molecule has 3 aliphatic rings. The summed E-state index contributed by atoms with van der Waals surface area (Å²) < 4.78 is 0. The van der Waals surface area contributed by atoms with Crippen molar-refractivity contribution in [3.05, 3.63) is 29.8 Å². The number of nitrogens with one attached hydrogen (secondary N) is 1. The molecule has 0 saturated carbocycles. The monoisotopic (exact) mass is 341 g/mol. The Balaban J connectivity index is 1.21. The molecule has 25 heavy (non-hydrogen) atoms. The average molecular weight is 341 g/mol. The lowest BCUT2D eigenvalue weighted by molar-refractivity contribution is -0.132. The number of anilines is 1. The molecule has 1 unspecified atom stereocenters. The van der Waals surface area contributed by atoms with E-state index < -0.39 is 0 Å². The molecule has 1 N–H and O–H groups in total. The van der Waals surface area contributed by atoms with Crippen LogP contribution in [0, 0.1) is 11.8 Å². The minimum atomic E-state index is 0.386. The molecular formula is C21H31N3O. The summed E-state index contributed by atoms with van der Waals surface area (Å²) in [4.78, 5) is 17.1. The number of carbonyl (C=O) groups is 1. The number of hydrogen-bond acceptors (Lipinski definition) is 3. The Morgan fingerprint density at radius 3 is 2.72 bits per heavy atom. The van der Waals surface area contributed by atoms with Gasteiger partial charge in [-0.15, -0.1) is 0 Å². The highest BCUT2D eigenvalue weighted by Crippen LogP contribution is 2.30. The van der Waals surface area contributed by atoms with Crippen LogP contribution in [-0.4, -0.2) is 50.1 Å². The molecule has 0 spiro atoms. The fourth-order valence-corrected chi connectivity index (χ4v) is 4.72. The fourth-order valence-electron chi connectivity index (χ4n) is 4.72. The standard InChI is InChI=1S/C21H31N3O/c25-21(6-5-17-7-11-22-15-17)23-12-8-18(9-13-23)16-24-14-10-19-3-1-2-4-20(19)24/h1-4,17-18,22H,5-16H2. The number of piperidine rings is 1. The smallest absolute Gasteiger partial charge is 0.222 e. The minimum Gasteiger partial charge on any atom is -0.371 e. The zero-order chi connectivity index (χ0) is 17.1. The largest absolute Gasteiger partial charge is 0.371 e. The molecular weight excluding hydrogens is 310 g/mol. The van der Waals surface area contributed by atoms with E-state index in [1.165, 1.54) is 24.1 Å². The Morgan fingerprint density at radius 2 is 1.92 bits per heavy atom. The molecule has 3 aliphatic heterocycles. The summed E-state index contributed by atoms with van der Waals surface area (Å²) >= 11 is 0. The van der Waals surface area contributed by atoms with Gasteiger partial charge in [0, 0.05) is 38.3 Å². The molecule has 1 aromatic carbocycles. The van der Waals surface area contributed by atoms with E-state index in [9.17, 15) is 4.79 Å². The molecule has 2 fully saturated rings. The van der Waals surface area contributed by atoms with E-state index in [-0.39, 0.29) is 0 Å². The fraction of sp³-hybridized carbons (Fsp3) is 0.667. The number of benzene rings is 1. The van der Waals surface area contributed by atoms with Gasteiger partial charge in [0.2, 0.25) is 5.91 Å². The predicted octanol–water partition coefficient (Wildman–Crippen LogP) is 2.68. The maximum Gasteiger partial charge on any atom is 0.222 e. The lowest BCUT2D eigenvalue weighted by atomic mass is 9.95. The van der Waals surface area contributed by atoms with Gasteiger partial charge in [0.1, 0.15) is 0 Å². The van der Waals surface area contributed by atoms with Crippen molar-refractivity contribution in [1.82, 2.24) is 10.2 Å². The first-order chi connectivity index (χ1) is 12.3. The Hall–Kier alpha value is -1.55. The summed E-state index contributed by atoms with van der Waals surface area (Å²) in [7, 11) is 0. The van der Waals surface area contributed by atoms with Crippen LogP contribution in [0.1, 0.15) is 37.7 Å². The maximum absolute atomic E-state index is 12.5. The molecule has 4 nitrogen and oxygen atoms in total. The molecule has 0 aliphatic carbocycles. The Kier molecular flexibility index (Phi) is 5.25. The number of likely N-dealkylation sites (tertiary alicyclic amines) is 1. The van der Waals surface area contributed by atoms with E-state index in [0.29, 0.717) is 5.91 Å². The van der Waals surface area contributed by atoms with E-state index in [1.54, 1.807) is 0 Å². The third-order valence-corrected chi connectivity index (χ3v) is 6.36. The number of fused-ring (bicyclic) bond motifs is 1. The molecule has 136 valence electrons. The van der Waals surface area contributed by atoms with Gasteiger partial charge in [0.25, 0.3) is 0 Å². The summed E-state index contributed by atoms with van der Waals surface area (Å²) in [5.74, 6) is 1.84. The van der Waals surface area contributed by atoms with Crippen molar-refractivity contribution in [3.63, 3.8) is 0 Å². The zero-order valence-corrected chi connectivity index (χ0v) is 15.3. The van der Waals surface area contributed by atoms with Crippen LogP contribution in [0.4, 0.5) is 5.69 Å². The summed E-state index contributed by atoms with van der Waals surface area (Å²) in [5.41, 5.74) is 2.93. The molecule has 4 heteroatoms. The zero-order valence-electron chi connectivity index (χ0n) is 15.3. The van der Waals surface area contributed by atoms with Crippen LogP contribution in [0.5, 0.6) is 0 Å². The highest BCUT2D eigenvalue weighted by molar-refractivity contribution is 5.76. The highest BCUT2D eigenvalue weighted by atomic mass is 16.2. The second kappa shape index (κ2) is 7.77. The van der Waals surface area contributed by atoms with Gasteiger partial charge < -0.3 is 15.1 Å². The van der Waals surface area contributed by atoms with Crippen LogP contribution in [0.3, 0.4) is 0 Å². The summed E-state index contributed by atoms with van der Waals surface area (Å²) in [6.07, 6.45) is 6.56. The van der Waals surface area contributed by atoms with Crippen molar-refractivity contribution >= 4 is 11.6 Å². The van der Waals surface area contributed by atoms with Crippen molar-refractivity contribution in [2.45, 2.75) is 38.5 Å². The lowest BCUT2D eigenvalue weighted by Gasteiger charge is -2.34. The highest BCUT2D eigenvalue weighted by Gasteiger charge is 2.27. The molecule has 2 saturated heterocycles. The van der Waals surface area contributed by atoms with Crippen LogP contribution >= 0.6 is 0 Å². The van der Waals surface area contributed by atoms with Crippen molar-refractivity contribution < 1.29 is 4.79 Å². The quantitative estimate of drug-likeness (QED) is 0.894. The van der Waals surface area contributed by atoms with E-state index in [1.807, 2.05) is 0 Å². The van der Waals surface area contributed by atoms with Gasteiger partial charge in [-0.3, -0.25) is 4.79 Å². The Morgan fingerprint density at radius 1 is 1.08 bits per heavy atom. The van der Waals surface area contributed by atoms with Gasteiger partial charge >= 0.3 is 0 Å². The van der Waals surface area contributed by atoms with Crippen LogP contribution < -0.4 is 10.2 Å². The third kappa shape index (κ3) is 4.00. The SMILES string of the molecule is O=C(CCC1CCNC1)N1CCC(CN2CCc3ccccc32)CC1. The molecule has 4 rings (SSSR count). The second-order valence-corrected chi connectivity index (χ2v) is 8.05. The first-order valence-electron chi connectivity index (χ1n) is 10.1. The van der Waals surface area contributed by atoms with Gasteiger partial charge in [0.15, 0.2) is 0 Å². The van der Waals surface area contributed by atoms with Gasteiger partial charge in [-0.25, -0.2) is 0 Å². The second-order valence-electron chi connectivity index (χ2n) is 8.05. The van der Waals surface area contributed by atoms with E-state index in [0.717, 1.165) is 76.8 Å². The molecule has 1 aromatic rings. The molecule has 3 heterocycles. The van der Waals surface area contributed by atoms with E-state index in [4.69, 9.17) is 0 Å². The van der Waals surface area contributed by atoms with Crippen molar-refractivity contribution in [2.75, 3.05) is 44.2 Å². The van der Waals surface area contributed by atoms with Crippen LogP contribution in [0.25, 0.3) is 0 Å². The number of carbonyl (C=O) groups excluding carboxylic acids is 1. The Labute approximate surface area is 151 Å². The van der Waals surface area contributed by atoms with Gasteiger partial charge in [-0.1, -0.05) is 18.2 Å². The lowest BCUT2D eigenvalue weighted by Crippen LogP contribution is -2.41. The summed E-state index contributed by atoms with van der Waals surface area (Å²) in [6, 6.07) is 8.82. The predicted molar refractivity (Wildman–Crippen MR) is 102 cm³/mol. The number of nitrogens with zero attached hydrogens (tertiary/aromatic N) is 2. The van der Waals surface area contributed by atoms with Crippen molar-refractivity contribution in [1.29, 1.82) is 0 Å². The van der Waals surface area contributed by atoms with Crippen LogP contribution in [-0.2, 0) is 11.2 Å². The third-order valence-electron chi connectivity index (χ3n) is 6.36. The van der Waals surface area contributed by atoms with Crippen molar-refractivity contribution in [3.8, 4) is 0 Å². The summed E-state index contributed by atoms with van der Waals surface area (Å²) in [6.45, 7) is 6.47. The average Bonchev–Trinajstić information content (AvgIpc) is 3.31. The Bertz CT molecular complexity index is 589. The molecule has 0 bridgehead atoms. The van der Waals surface area contributed by atoms with Gasteiger partial charge in [0.05, 0.1) is 0 Å². The van der Waals surface area contributed by atoms with E-state index >= 15 is 0 Å². The minimum absolute atomic E-state index is 0.386. The summed E-state index contributed by atoms with van der Waals surface area (Å²) in [5, 5.41) is 3.39. The van der Waals surface area contributed by atoms with Gasteiger partial charge in [-0.05, 0) is 68.7 Å². The van der Waals surface area contributed by atoms with Crippen LogP contribution in [0.15, 0.2) is 24.3 Å². The van der Waals surface area contributed by atoms with E-state index in [2.05, 4.69) is 39.4 Å². The number of hydrogen-bond donors (Lipinski definition) is 1. The van der Waals surface area contributed by atoms with Gasteiger partial charge in [-0.2, -0.15) is 0 Å². The normalized spacial score (nSPS) is 23.9.